The third-order valence-electron chi connectivity index (χ3n) is 3.94. The summed E-state index contributed by atoms with van der Waals surface area (Å²) in [5.41, 5.74) is 0.505. The molecule has 0 spiro atoms. The summed E-state index contributed by atoms with van der Waals surface area (Å²) in [6.45, 7) is 5.42. The summed E-state index contributed by atoms with van der Waals surface area (Å²) in [5.74, 6) is -0.295. The Morgan fingerprint density at radius 2 is 1.88 bits per heavy atom. The summed E-state index contributed by atoms with van der Waals surface area (Å²) in [6, 6.07) is 5.36. The van der Waals surface area contributed by atoms with Crippen molar-refractivity contribution in [3.05, 3.63) is 24.3 Å². The van der Waals surface area contributed by atoms with Crippen molar-refractivity contribution in [2.45, 2.75) is 38.1 Å². The van der Waals surface area contributed by atoms with Gasteiger partial charge in [0.15, 0.2) is 9.84 Å². The molecule has 1 aromatic carbocycles. The van der Waals surface area contributed by atoms with Gasteiger partial charge in [-0.15, -0.1) is 0 Å². The fraction of sp³-hybridized carbons (Fsp3) is 0.562. The molecule has 140 valence electrons. The van der Waals surface area contributed by atoms with E-state index < -0.39 is 25.9 Å². The van der Waals surface area contributed by atoms with Crippen LogP contribution in [0.25, 0.3) is 0 Å². The van der Waals surface area contributed by atoms with Gasteiger partial charge in [-0.3, -0.25) is 4.79 Å². The summed E-state index contributed by atoms with van der Waals surface area (Å²) in [6.07, 6.45) is 0.318. The van der Waals surface area contributed by atoms with E-state index in [1.807, 2.05) is 13.8 Å². The molecule has 1 amide bonds. The topological polar surface area (TPSA) is 101 Å². The maximum Gasteiger partial charge on any atom is 0.243 e. The Labute approximate surface area is 149 Å². The second-order valence-electron chi connectivity index (χ2n) is 6.73. The first kappa shape index (κ1) is 19.9. The smallest absolute Gasteiger partial charge is 0.243 e. The fourth-order valence-electron chi connectivity index (χ4n) is 2.85. The number of anilines is 1. The second-order valence-corrected chi connectivity index (χ2v) is 10.9. The van der Waals surface area contributed by atoms with Crippen molar-refractivity contribution in [3.8, 4) is 0 Å². The Kier molecular flexibility index (Phi) is 5.90. The molecule has 2 rings (SSSR count). The number of nitrogens with one attached hydrogen (secondary N) is 1. The predicted octanol–water partition coefficient (Wildman–Crippen LogP) is 1.48. The average molecular weight is 389 g/mol. The minimum absolute atomic E-state index is 0.0171. The summed E-state index contributed by atoms with van der Waals surface area (Å²) >= 11 is 0. The largest absolute Gasteiger partial charge is 0.326 e. The van der Waals surface area contributed by atoms with Crippen LogP contribution in [0.3, 0.4) is 0 Å². The lowest BCUT2D eigenvalue weighted by Gasteiger charge is -2.29. The van der Waals surface area contributed by atoms with Crippen molar-refractivity contribution in [2.75, 3.05) is 23.4 Å². The van der Waals surface area contributed by atoms with Gasteiger partial charge in [0.05, 0.1) is 16.4 Å². The van der Waals surface area contributed by atoms with E-state index in [1.165, 1.54) is 35.5 Å². The molecule has 0 saturated carbocycles. The van der Waals surface area contributed by atoms with Crippen molar-refractivity contribution in [3.63, 3.8) is 0 Å². The van der Waals surface area contributed by atoms with Gasteiger partial charge in [-0.25, -0.2) is 16.8 Å². The average Bonchev–Trinajstić information content (AvgIpc) is 2.84. The molecule has 1 aromatic rings. The number of hydrogen-bond acceptors (Lipinski definition) is 5. The van der Waals surface area contributed by atoms with Crippen molar-refractivity contribution in [1.29, 1.82) is 0 Å². The van der Waals surface area contributed by atoms with Crippen LogP contribution in [0.1, 0.15) is 27.2 Å². The molecular formula is C16H24N2O5S2. The Hall–Kier alpha value is -1.45. The number of carbonyl (C=O) groups excluding carboxylic acids is 1. The van der Waals surface area contributed by atoms with E-state index >= 15 is 0 Å². The SMILES string of the molecule is CC(=O)Nc1ccc(S(=O)(=O)N(CC(C)C)C2CCS(=O)(=O)C2)cc1. The third kappa shape index (κ3) is 5.02. The summed E-state index contributed by atoms with van der Waals surface area (Å²) in [7, 11) is -7.01. The fourth-order valence-corrected chi connectivity index (χ4v) is 6.50. The van der Waals surface area contributed by atoms with Gasteiger partial charge in [-0.05, 0) is 36.6 Å². The Balaban J connectivity index is 2.33. The van der Waals surface area contributed by atoms with Crippen LogP contribution in [0.5, 0.6) is 0 Å². The zero-order valence-electron chi connectivity index (χ0n) is 14.6. The molecular weight excluding hydrogens is 364 g/mol. The lowest BCUT2D eigenvalue weighted by atomic mass is 10.2. The molecule has 7 nitrogen and oxygen atoms in total. The quantitative estimate of drug-likeness (QED) is 0.795. The summed E-state index contributed by atoms with van der Waals surface area (Å²) in [4.78, 5) is 11.2. The Morgan fingerprint density at radius 1 is 1.28 bits per heavy atom. The van der Waals surface area contributed by atoms with Crippen LogP contribution < -0.4 is 5.32 Å². The van der Waals surface area contributed by atoms with Crippen LogP contribution in [0.2, 0.25) is 0 Å². The van der Waals surface area contributed by atoms with Crippen LogP contribution >= 0.6 is 0 Å². The minimum atomic E-state index is -3.82. The molecule has 1 heterocycles. The highest BCUT2D eigenvalue weighted by Crippen LogP contribution is 2.26. The van der Waals surface area contributed by atoms with Gasteiger partial charge in [-0.2, -0.15) is 4.31 Å². The molecule has 1 atom stereocenters. The van der Waals surface area contributed by atoms with Crippen molar-refractivity contribution >= 4 is 31.5 Å². The maximum absolute atomic E-state index is 13.0. The molecule has 1 aliphatic heterocycles. The lowest BCUT2D eigenvalue weighted by Crippen LogP contribution is -2.43. The van der Waals surface area contributed by atoms with E-state index in [9.17, 15) is 21.6 Å². The number of sulfonamides is 1. The van der Waals surface area contributed by atoms with Gasteiger partial charge < -0.3 is 5.32 Å². The first-order valence-electron chi connectivity index (χ1n) is 8.11. The molecule has 1 fully saturated rings. The number of rotatable bonds is 6. The molecule has 0 aromatic heterocycles. The highest BCUT2D eigenvalue weighted by Gasteiger charge is 2.38. The zero-order valence-corrected chi connectivity index (χ0v) is 16.2. The summed E-state index contributed by atoms with van der Waals surface area (Å²) in [5, 5.41) is 2.58. The first-order chi connectivity index (χ1) is 11.5. The lowest BCUT2D eigenvalue weighted by molar-refractivity contribution is -0.114. The van der Waals surface area contributed by atoms with E-state index in [4.69, 9.17) is 0 Å². The van der Waals surface area contributed by atoms with E-state index in [2.05, 4.69) is 5.32 Å². The minimum Gasteiger partial charge on any atom is -0.326 e. The molecule has 1 saturated heterocycles. The molecule has 1 N–H and O–H groups in total. The molecule has 9 heteroatoms. The van der Waals surface area contributed by atoms with Crippen LogP contribution in [0.4, 0.5) is 5.69 Å². The monoisotopic (exact) mass is 388 g/mol. The number of carbonyl (C=O) groups is 1. The highest BCUT2D eigenvalue weighted by molar-refractivity contribution is 7.92. The van der Waals surface area contributed by atoms with Gasteiger partial charge >= 0.3 is 0 Å². The van der Waals surface area contributed by atoms with Gasteiger partial charge in [0, 0.05) is 25.2 Å². The van der Waals surface area contributed by atoms with Gasteiger partial charge in [0.2, 0.25) is 15.9 Å². The molecule has 0 bridgehead atoms. The molecule has 0 aliphatic carbocycles. The van der Waals surface area contributed by atoms with E-state index in [-0.39, 0.29) is 34.8 Å². The number of nitrogens with zero attached hydrogens (tertiary/aromatic N) is 1. The maximum atomic E-state index is 13.0. The van der Waals surface area contributed by atoms with Crippen molar-refractivity contribution < 1.29 is 21.6 Å². The normalized spacial score (nSPS) is 20.1. The Morgan fingerprint density at radius 3 is 2.32 bits per heavy atom. The molecule has 0 radical (unpaired) electrons. The molecule has 1 aliphatic rings. The first-order valence-corrected chi connectivity index (χ1v) is 11.4. The third-order valence-corrected chi connectivity index (χ3v) is 7.62. The highest BCUT2D eigenvalue weighted by atomic mass is 32.2. The van der Waals surface area contributed by atoms with Crippen LogP contribution in [0.15, 0.2) is 29.2 Å². The Bertz CT molecular complexity index is 830. The molecule has 25 heavy (non-hydrogen) atoms. The van der Waals surface area contributed by atoms with Gasteiger partial charge in [-0.1, -0.05) is 13.8 Å². The van der Waals surface area contributed by atoms with E-state index in [0.29, 0.717) is 12.1 Å². The van der Waals surface area contributed by atoms with Crippen LogP contribution in [-0.4, -0.2) is 51.1 Å². The van der Waals surface area contributed by atoms with Crippen molar-refractivity contribution in [1.82, 2.24) is 4.31 Å². The van der Waals surface area contributed by atoms with Crippen LogP contribution in [-0.2, 0) is 24.7 Å². The van der Waals surface area contributed by atoms with E-state index in [1.54, 1.807) is 0 Å². The summed E-state index contributed by atoms with van der Waals surface area (Å²) < 4.78 is 51.0. The number of amides is 1. The standard InChI is InChI=1S/C16H24N2O5S2/c1-12(2)10-18(15-8-9-24(20,21)11-15)25(22,23)16-6-4-14(5-7-16)17-13(3)19/h4-7,12,15H,8-11H2,1-3H3,(H,17,19). The van der Waals surface area contributed by atoms with Gasteiger partial charge in [0.25, 0.3) is 0 Å². The van der Waals surface area contributed by atoms with Gasteiger partial charge in [0.1, 0.15) is 0 Å². The second kappa shape index (κ2) is 7.43. The number of sulfone groups is 1. The van der Waals surface area contributed by atoms with E-state index in [0.717, 1.165) is 0 Å². The number of benzene rings is 1. The number of hydrogen-bond donors (Lipinski definition) is 1. The van der Waals surface area contributed by atoms with Crippen molar-refractivity contribution in [2.24, 2.45) is 5.92 Å². The predicted molar refractivity (Wildman–Crippen MR) is 96.5 cm³/mol. The molecule has 1 unspecified atom stereocenters. The van der Waals surface area contributed by atoms with Crippen LogP contribution in [0, 0.1) is 5.92 Å². The zero-order chi connectivity index (χ0) is 18.8.